The van der Waals surface area contributed by atoms with Crippen molar-refractivity contribution in [1.29, 1.82) is 0 Å². The summed E-state index contributed by atoms with van der Waals surface area (Å²) in [6.07, 6.45) is 0.289. The Bertz CT molecular complexity index is 945. The topological polar surface area (TPSA) is 96.0 Å². The summed E-state index contributed by atoms with van der Waals surface area (Å²) >= 11 is 0. The molecule has 0 spiro atoms. The highest BCUT2D eigenvalue weighted by Gasteiger charge is 2.32. The number of nitrogens with one attached hydrogen (secondary N) is 1. The zero-order valence-electron chi connectivity index (χ0n) is 16.7. The molecule has 1 N–H and O–H groups in total. The maximum Gasteiger partial charge on any atom is 0.326 e. The number of carbonyl (C=O) groups excluding carboxylic acids is 4. The minimum absolute atomic E-state index is 0.00859. The molecule has 0 saturated carbocycles. The summed E-state index contributed by atoms with van der Waals surface area (Å²) in [6, 6.07) is 16.6. The van der Waals surface area contributed by atoms with Crippen LogP contribution in [0.5, 0.6) is 0 Å². The summed E-state index contributed by atoms with van der Waals surface area (Å²) in [4.78, 5) is 50.0. The normalized spacial score (nSPS) is 13.5. The maximum atomic E-state index is 12.2. The third-order valence-electron chi connectivity index (χ3n) is 4.64. The second-order valence-corrected chi connectivity index (χ2v) is 6.91. The first-order valence-electron chi connectivity index (χ1n) is 9.61. The summed E-state index contributed by atoms with van der Waals surface area (Å²) in [7, 11) is 1.54. The van der Waals surface area contributed by atoms with Gasteiger partial charge in [-0.15, -0.1) is 0 Å². The molecule has 2 aromatic carbocycles. The molecule has 3 rings (SSSR count). The van der Waals surface area contributed by atoms with E-state index in [0.29, 0.717) is 5.69 Å². The lowest BCUT2D eigenvalue weighted by molar-refractivity contribution is -0.147. The molecule has 0 aromatic heterocycles. The molecule has 1 aliphatic heterocycles. The minimum Gasteiger partial charge on any atom is -0.456 e. The van der Waals surface area contributed by atoms with E-state index >= 15 is 0 Å². The van der Waals surface area contributed by atoms with Gasteiger partial charge in [0.25, 0.3) is 5.91 Å². The van der Waals surface area contributed by atoms with Gasteiger partial charge < -0.3 is 15.0 Å². The molecule has 0 radical (unpaired) electrons. The van der Waals surface area contributed by atoms with Crippen LogP contribution in [0.1, 0.15) is 12.8 Å². The molecule has 1 heterocycles. The number of amides is 4. The number of rotatable bonds is 8. The van der Waals surface area contributed by atoms with Crippen molar-refractivity contribution in [3.8, 4) is 11.1 Å². The zero-order chi connectivity index (χ0) is 21.5. The van der Waals surface area contributed by atoms with Crippen LogP contribution in [0.3, 0.4) is 0 Å². The second-order valence-electron chi connectivity index (χ2n) is 6.91. The fraction of sp³-hybridized carbons (Fsp3) is 0.273. The van der Waals surface area contributed by atoms with Crippen molar-refractivity contribution in [3.05, 3.63) is 54.6 Å². The molecule has 8 heteroatoms. The molecule has 2 aromatic rings. The van der Waals surface area contributed by atoms with Crippen LogP contribution in [0, 0.1) is 0 Å². The van der Waals surface area contributed by atoms with Crippen LogP contribution in [0.25, 0.3) is 11.1 Å². The van der Waals surface area contributed by atoms with Gasteiger partial charge in [-0.1, -0.05) is 48.5 Å². The van der Waals surface area contributed by atoms with E-state index in [9.17, 15) is 19.2 Å². The SMILES string of the molecule is CN1CC(=O)N(CCCC(=O)OCC(=O)Nc2ccccc2-c2ccccc2)C1=O. The van der Waals surface area contributed by atoms with Crippen LogP contribution < -0.4 is 5.32 Å². The van der Waals surface area contributed by atoms with E-state index < -0.39 is 18.5 Å². The number of hydrogen-bond donors (Lipinski definition) is 1. The Morgan fingerprint density at radius 3 is 2.43 bits per heavy atom. The average molecular weight is 409 g/mol. The number of ether oxygens (including phenoxy) is 1. The first kappa shape index (κ1) is 21.0. The summed E-state index contributed by atoms with van der Waals surface area (Å²) in [5, 5.41) is 2.76. The summed E-state index contributed by atoms with van der Waals surface area (Å²) in [6.45, 7) is -0.214. The van der Waals surface area contributed by atoms with Gasteiger partial charge in [-0.25, -0.2) is 4.79 Å². The van der Waals surface area contributed by atoms with Gasteiger partial charge in [0.1, 0.15) is 6.54 Å². The fourth-order valence-electron chi connectivity index (χ4n) is 3.14. The van der Waals surface area contributed by atoms with Crippen molar-refractivity contribution in [2.75, 3.05) is 32.1 Å². The van der Waals surface area contributed by atoms with Gasteiger partial charge in [0.2, 0.25) is 5.91 Å². The maximum absolute atomic E-state index is 12.2. The third-order valence-corrected chi connectivity index (χ3v) is 4.64. The fourth-order valence-corrected chi connectivity index (χ4v) is 3.14. The van der Waals surface area contributed by atoms with Gasteiger partial charge >= 0.3 is 12.0 Å². The molecule has 1 aliphatic rings. The number of esters is 1. The third kappa shape index (κ3) is 5.22. The van der Waals surface area contributed by atoms with Crippen LogP contribution in [-0.2, 0) is 19.1 Å². The van der Waals surface area contributed by atoms with E-state index in [1.165, 1.54) is 4.90 Å². The lowest BCUT2D eigenvalue weighted by atomic mass is 10.0. The molecule has 1 fully saturated rings. The first-order valence-corrected chi connectivity index (χ1v) is 9.61. The molecule has 0 aliphatic carbocycles. The minimum atomic E-state index is -0.561. The Balaban J connectivity index is 1.45. The number of hydrogen-bond acceptors (Lipinski definition) is 5. The Labute approximate surface area is 174 Å². The molecule has 0 bridgehead atoms. The number of carbonyl (C=O) groups is 4. The van der Waals surface area contributed by atoms with Crippen molar-refractivity contribution >= 4 is 29.5 Å². The molecular formula is C22H23N3O5. The second kappa shape index (κ2) is 9.69. The number of imide groups is 1. The highest BCUT2D eigenvalue weighted by molar-refractivity contribution is 6.01. The highest BCUT2D eigenvalue weighted by Crippen LogP contribution is 2.27. The van der Waals surface area contributed by atoms with Crippen LogP contribution in [0.2, 0.25) is 0 Å². The molecule has 30 heavy (non-hydrogen) atoms. The van der Waals surface area contributed by atoms with E-state index in [-0.39, 0.29) is 37.9 Å². The molecule has 156 valence electrons. The predicted molar refractivity (Wildman–Crippen MR) is 110 cm³/mol. The number of benzene rings is 2. The van der Waals surface area contributed by atoms with Crippen LogP contribution in [0.15, 0.2) is 54.6 Å². The summed E-state index contributed by atoms with van der Waals surface area (Å²) in [5.74, 6) is -1.29. The van der Waals surface area contributed by atoms with E-state index in [0.717, 1.165) is 16.0 Å². The van der Waals surface area contributed by atoms with Gasteiger partial charge in [0.15, 0.2) is 6.61 Å². The molecule has 8 nitrogen and oxygen atoms in total. The van der Waals surface area contributed by atoms with Gasteiger partial charge in [-0.3, -0.25) is 19.3 Å². The Morgan fingerprint density at radius 1 is 1.03 bits per heavy atom. The van der Waals surface area contributed by atoms with E-state index in [4.69, 9.17) is 4.74 Å². The number of urea groups is 1. The van der Waals surface area contributed by atoms with Crippen molar-refractivity contribution < 1.29 is 23.9 Å². The zero-order valence-corrected chi connectivity index (χ0v) is 16.7. The average Bonchev–Trinajstić information content (AvgIpc) is 2.99. The summed E-state index contributed by atoms with van der Waals surface area (Å²) in [5.41, 5.74) is 2.45. The van der Waals surface area contributed by atoms with Gasteiger partial charge in [0.05, 0.1) is 0 Å². The Kier molecular flexibility index (Phi) is 6.79. The van der Waals surface area contributed by atoms with E-state index in [1.54, 1.807) is 13.1 Å². The van der Waals surface area contributed by atoms with Crippen LogP contribution >= 0.6 is 0 Å². The molecule has 0 unspecified atom stereocenters. The quantitative estimate of drug-likeness (QED) is 0.534. The van der Waals surface area contributed by atoms with Crippen LogP contribution in [-0.4, -0.2) is 60.4 Å². The van der Waals surface area contributed by atoms with Gasteiger partial charge in [0, 0.05) is 31.3 Å². The number of likely N-dealkylation sites (N-methyl/N-ethyl adjacent to an activating group) is 1. The lowest BCUT2D eigenvalue weighted by Gasteiger charge is -2.13. The van der Waals surface area contributed by atoms with Crippen molar-refractivity contribution in [1.82, 2.24) is 9.80 Å². The van der Waals surface area contributed by atoms with E-state index in [1.807, 2.05) is 48.5 Å². The van der Waals surface area contributed by atoms with Gasteiger partial charge in [-0.05, 0) is 18.1 Å². The monoisotopic (exact) mass is 409 g/mol. The molecule has 4 amide bonds. The van der Waals surface area contributed by atoms with Crippen LogP contribution in [0.4, 0.5) is 10.5 Å². The molecular weight excluding hydrogens is 386 g/mol. The molecule has 1 saturated heterocycles. The van der Waals surface area contributed by atoms with Gasteiger partial charge in [-0.2, -0.15) is 0 Å². The van der Waals surface area contributed by atoms with Crippen molar-refractivity contribution in [3.63, 3.8) is 0 Å². The smallest absolute Gasteiger partial charge is 0.326 e. The van der Waals surface area contributed by atoms with Crippen molar-refractivity contribution in [2.45, 2.75) is 12.8 Å². The Morgan fingerprint density at radius 2 is 1.73 bits per heavy atom. The number of para-hydroxylation sites is 1. The highest BCUT2D eigenvalue weighted by atomic mass is 16.5. The lowest BCUT2D eigenvalue weighted by Crippen LogP contribution is -2.32. The Hall–Kier alpha value is -3.68. The largest absolute Gasteiger partial charge is 0.456 e. The number of nitrogens with zero attached hydrogens (tertiary/aromatic N) is 2. The van der Waals surface area contributed by atoms with E-state index in [2.05, 4.69) is 5.32 Å². The summed E-state index contributed by atoms with van der Waals surface area (Å²) < 4.78 is 5.01. The molecule has 0 atom stereocenters. The van der Waals surface area contributed by atoms with Crippen molar-refractivity contribution in [2.24, 2.45) is 0 Å². The first-order chi connectivity index (χ1) is 14.5. The predicted octanol–water partition coefficient (Wildman–Crippen LogP) is 2.51. The standard InChI is InChI=1S/C22H23N3O5/c1-24-14-20(27)25(22(24)29)13-7-12-21(28)30-15-19(26)23-18-11-6-5-10-17(18)16-8-3-2-4-9-16/h2-6,8-11H,7,12-15H2,1H3,(H,23,26). The number of anilines is 1.